The van der Waals surface area contributed by atoms with E-state index >= 15 is 0 Å². The van der Waals surface area contributed by atoms with Gasteiger partial charge in [-0.2, -0.15) is 0 Å². The van der Waals surface area contributed by atoms with Crippen molar-refractivity contribution in [1.29, 1.82) is 0 Å². The van der Waals surface area contributed by atoms with Crippen LogP contribution in [0.5, 0.6) is 11.5 Å². The standard InChI is InChI=1S/C28H24FNO5/c1-17-6-8-18(9-7-17)15-34-24-11-10-19(12-25(24)33-2)22-14-26(31)30(21-5-3-4-20(29)13-21)23-16-35-28(32)27(22)23/h3-13,22H,14-16H2,1-2H3. The monoisotopic (exact) mass is 473 g/mol. The van der Waals surface area contributed by atoms with Gasteiger partial charge in [-0.05, 0) is 48.4 Å². The van der Waals surface area contributed by atoms with Crippen LogP contribution in [-0.2, 0) is 20.9 Å². The third kappa shape index (κ3) is 4.37. The number of cyclic esters (lactones) is 1. The van der Waals surface area contributed by atoms with Crippen LogP contribution in [0.3, 0.4) is 0 Å². The fraction of sp³-hybridized carbons (Fsp3) is 0.214. The van der Waals surface area contributed by atoms with Gasteiger partial charge in [0.25, 0.3) is 0 Å². The van der Waals surface area contributed by atoms with Crippen molar-refractivity contribution >= 4 is 17.6 Å². The molecule has 0 saturated heterocycles. The summed E-state index contributed by atoms with van der Waals surface area (Å²) in [6, 6.07) is 19.2. The van der Waals surface area contributed by atoms with Crippen molar-refractivity contribution in [3.05, 3.63) is 101 Å². The van der Waals surface area contributed by atoms with Crippen LogP contribution < -0.4 is 14.4 Å². The van der Waals surface area contributed by atoms with Gasteiger partial charge in [-0.15, -0.1) is 0 Å². The Morgan fingerprint density at radius 2 is 1.83 bits per heavy atom. The Morgan fingerprint density at radius 3 is 2.57 bits per heavy atom. The molecule has 0 saturated carbocycles. The van der Waals surface area contributed by atoms with Crippen LogP contribution in [0.2, 0.25) is 0 Å². The predicted octanol–water partition coefficient (Wildman–Crippen LogP) is 5.05. The number of hydrogen-bond donors (Lipinski definition) is 0. The lowest BCUT2D eigenvalue weighted by atomic mass is 9.84. The van der Waals surface area contributed by atoms with E-state index in [9.17, 15) is 14.0 Å². The first-order chi connectivity index (χ1) is 16.9. The largest absolute Gasteiger partial charge is 0.493 e. The van der Waals surface area contributed by atoms with Gasteiger partial charge >= 0.3 is 5.97 Å². The zero-order chi connectivity index (χ0) is 24.5. The summed E-state index contributed by atoms with van der Waals surface area (Å²) < 4.78 is 30.7. The summed E-state index contributed by atoms with van der Waals surface area (Å²) in [4.78, 5) is 27.3. The summed E-state index contributed by atoms with van der Waals surface area (Å²) >= 11 is 0. The Morgan fingerprint density at radius 1 is 1.03 bits per heavy atom. The number of aryl methyl sites for hydroxylation is 1. The molecule has 3 aromatic rings. The molecule has 2 heterocycles. The molecule has 0 N–H and O–H groups in total. The van der Waals surface area contributed by atoms with E-state index in [0.29, 0.717) is 35.1 Å². The smallest absolute Gasteiger partial charge is 0.336 e. The highest BCUT2D eigenvalue weighted by atomic mass is 19.1. The summed E-state index contributed by atoms with van der Waals surface area (Å²) in [5, 5.41) is 0. The van der Waals surface area contributed by atoms with Crippen LogP contribution in [0.25, 0.3) is 0 Å². The average Bonchev–Trinajstić information content (AvgIpc) is 3.24. The second-order valence-electron chi connectivity index (χ2n) is 8.59. The summed E-state index contributed by atoms with van der Waals surface area (Å²) in [6.07, 6.45) is 0.0389. The molecule has 1 unspecified atom stereocenters. The predicted molar refractivity (Wildman–Crippen MR) is 128 cm³/mol. The van der Waals surface area contributed by atoms with Gasteiger partial charge in [0.1, 0.15) is 19.0 Å². The number of hydrogen-bond acceptors (Lipinski definition) is 5. The first kappa shape index (κ1) is 22.7. The number of rotatable bonds is 6. The molecule has 1 atom stereocenters. The van der Waals surface area contributed by atoms with Crippen molar-refractivity contribution in [2.75, 3.05) is 18.6 Å². The Bertz CT molecular complexity index is 1330. The molecule has 0 aliphatic carbocycles. The molecule has 6 nitrogen and oxygen atoms in total. The van der Waals surface area contributed by atoms with E-state index in [1.54, 1.807) is 25.3 Å². The number of nitrogens with zero attached hydrogens (tertiary/aromatic N) is 1. The molecule has 35 heavy (non-hydrogen) atoms. The highest BCUT2D eigenvalue weighted by Gasteiger charge is 2.43. The molecule has 3 aromatic carbocycles. The molecule has 0 fully saturated rings. The molecular weight excluding hydrogens is 449 g/mol. The number of amides is 1. The number of carbonyl (C=O) groups excluding carboxylic acids is 2. The van der Waals surface area contributed by atoms with Crippen LogP contribution in [0.1, 0.15) is 29.0 Å². The topological polar surface area (TPSA) is 65.1 Å². The third-order valence-electron chi connectivity index (χ3n) is 6.29. The molecule has 0 aromatic heterocycles. The summed E-state index contributed by atoms with van der Waals surface area (Å²) in [7, 11) is 1.55. The van der Waals surface area contributed by atoms with Gasteiger partial charge in [-0.25, -0.2) is 9.18 Å². The lowest BCUT2D eigenvalue weighted by Gasteiger charge is -2.32. The van der Waals surface area contributed by atoms with E-state index in [1.807, 2.05) is 37.3 Å². The Balaban J connectivity index is 1.45. The zero-order valence-corrected chi connectivity index (χ0v) is 19.4. The quantitative estimate of drug-likeness (QED) is 0.469. The summed E-state index contributed by atoms with van der Waals surface area (Å²) in [5.41, 5.74) is 4.16. The number of benzene rings is 3. The third-order valence-corrected chi connectivity index (χ3v) is 6.29. The molecule has 7 heteroatoms. The molecular formula is C28H24FNO5. The van der Waals surface area contributed by atoms with Crippen molar-refractivity contribution in [3.8, 4) is 11.5 Å². The van der Waals surface area contributed by atoms with Gasteiger partial charge < -0.3 is 14.2 Å². The number of methoxy groups -OCH3 is 1. The van der Waals surface area contributed by atoms with Crippen LogP contribution >= 0.6 is 0 Å². The number of esters is 1. The number of halogens is 1. The maximum absolute atomic E-state index is 13.8. The van der Waals surface area contributed by atoms with Crippen LogP contribution in [0.4, 0.5) is 10.1 Å². The molecule has 0 bridgehead atoms. The normalized spacial score (nSPS) is 17.3. The maximum Gasteiger partial charge on any atom is 0.336 e. The van der Waals surface area contributed by atoms with E-state index in [0.717, 1.165) is 11.1 Å². The number of ether oxygens (including phenoxy) is 3. The van der Waals surface area contributed by atoms with E-state index in [1.165, 1.54) is 28.7 Å². The van der Waals surface area contributed by atoms with Crippen LogP contribution in [-0.4, -0.2) is 25.6 Å². The maximum atomic E-state index is 13.8. The number of anilines is 1. The zero-order valence-electron chi connectivity index (χ0n) is 19.4. The Labute approximate surface area is 202 Å². The van der Waals surface area contributed by atoms with Crippen molar-refractivity contribution in [1.82, 2.24) is 0 Å². The Hall–Kier alpha value is -4.13. The molecule has 2 aliphatic rings. The molecule has 5 rings (SSSR count). The van der Waals surface area contributed by atoms with Crippen LogP contribution in [0.15, 0.2) is 78.0 Å². The molecule has 1 amide bonds. The van der Waals surface area contributed by atoms with Gasteiger partial charge in [0, 0.05) is 12.3 Å². The first-order valence-corrected chi connectivity index (χ1v) is 11.3. The molecule has 2 aliphatic heterocycles. The van der Waals surface area contributed by atoms with Crippen molar-refractivity contribution < 1.29 is 28.2 Å². The van der Waals surface area contributed by atoms with E-state index < -0.39 is 17.7 Å². The minimum atomic E-state index is -0.502. The highest BCUT2D eigenvalue weighted by molar-refractivity contribution is 6.06. The van der Waals surface area contributed by atoms with Crippen LogP contribution in [0, 0.1) is 12.7 Å². The van der Waals surface area contributed by atoms with Gasteiger partial charge in [0.2, 0.25) is 5.91 Å². The second kappa shape index (κ2) is 9.25. The lowest BCUT2D eigenvalue weighted by molar-refractivity contribution is -0.136. The first-order valence-electron chi connectivity index (χ1n) is 11.3. The van der Waals surface area contributed by atoms with Gasteiger partial charge in [0.05, 0.1) is 24.1 Å². The van der Waals surface area contributed by atoms with Gasteiger partial charge in [0.15, 0.2) is 11.5 Å². The molecule has 0 radical (unpaired) electrons. The second-order valence-corrected chi connectivity index (χ2v) is 8.59. The fourth-order valence-corrected chi connectivity index (χ4v) is 4.52. The van der Waals surface area contributed by atoms with Gasteiger partial charge in [-0.1, -0.05) is 42.0 Å². The van der Waals surface area contributed by atoms with E-state index in [-0.39, 0.29) is 18.9 Å². The minimum Gasteiger partial charge on any atom is -0.493 e. The number of carbonyl (C=O) groups is 2. The summed E-state index contributed by atoms with van der Waals surface area (Å²) in [5.74, 6) is -0.617. The molecule has 0 spiro atoms. The Kier molecular flexibility index (Phi) is 5.99. The van der Waals surface area contributed by atoms with Crippen molar-refractivity contribution in [3.63, 3.8) is 0 Å². The van der Waals surface area contributed by atoms with Crippen molar-refractivity contribution in [2.24, 2.45) is 0 Å². The lowest BCUT2D eigenvalue weighted by Crippen LogP contribution is -2.37. The minimum absolute atomic E-state index is 0.0389. The highest BCUT2D eigenvalue weighted by Crippen LogP contribution is 2.43. The molecule has 178 valence electrons. The average molecular weight is 474 g/mol. The fourth-order valence-electron chi connectivity index (χ4n) is 4.52. The van der Waals surface area contributed by atoms with E-state index in [2.05, 4.69) is 0 Å². The van der Waals surface area contributed by atoms with Gasteiger partial charge in [-0.3, -0.25) is 9.69 Å². The van der Waals surface area contributed by atoms with E-state index in [4.69, 9.17) is 14.2 Å². The SMILES string of the molecule is COc1cc(C2CC(=O)N(c3cccc(F)c3)C3=C2C(=O)OC3)ccc1OCc1ccc(C)cc1. The summed E-state index contributed by atoms with van der Waals surface area (Å²) in [6.45, 7) is 2.37. The van der Waals surface area contributed by atoms with Crippen molar-refractivity contribution in [2.45, 2.75) is 25.9 Å².